The molecule has 6 nitrogen and oxygen atoms in total. The lowest BCUT2D eigenvalue weighted by molar-refractivity contribution is -0.139. The summed E-state index contributed by atoms with van der Waals surface area (Å²) in [4.78, 5) is 24.8. The van der Waals surface area contributed by atoms with E-state index in [1.165, 1.54) is 4.90 Å². The molecule has 1 aromatic carbocycles. The van der Waals surface area contributed by atoms with Crippen LogP contribution in [-0.4, -0.2) is 41.3 Å². The van der Waals surface area contributed by atoms with Gasteiger partial charge in [0.05, 0.1) is 18.6 Å². The number of carbonyl (C=O) groups excluding carboxylic acids is 1. The van der Waals surface area contributed by atoms with Crippen LogP contribution in [0.4, 0.5) is 18.0 Å². The van der Waals surface area contributed by atoms with E-state index in [9.17, 15) is 22.8 Å². The average Bonchev–Trinajstić information content (AvgIpc) is 2.62. The molecule has 0 saturated carbocycles. The van der Waals surface area contributed by atoms with Gasteiger partial charge in [-0.2, -0.15) is 13.2 Å². The van der Waals surface area contributed by atoms with E-state index in [4.69, 9.17) is 9.84 Å². The Morgan fingerprint density at radius 1 is 1.27 bits per heavy atom. The van der Waals surface area contributed by atoms with Crippen LogP contribution >= 0.6 is 0 Å². The standard InChI is InChI=1S/C21H27F3N2O4/c1-14(2)17-13-26(11-4-5-18(27)28)19(29)25-20(17,3)15-6-8-16(9-7-15)30-12-10-21(22,23)24/h6-9,13-14H,4-5,10-12H2,1-3H3,(H,25,29)(H,27,28). The van der Waals surface area contributed by atoms with E-state index >= 15 is 0 Å². The first kappa shape index (κ1) is 23.6. The fourth-order valence-electron chi connectivity index (χ4n) is 3.41. The molecule has 2 amide bonds. The number of hydrogen-bond donors (Lipinski definition) is 2. The zero-order valence-corrected chi connectivity index (χ0v) is 17.3. The molecule has 1 aromatic rings. The Kier molecular flexibility index (Phi) is 7.39. The number of ether oxygens (including phenoxy) is 1. The van der Waals surface area contributed by atoms with E-state index < -0.39 is 30.7 Å². The molecule has 0 aromatic heterocycles. The largest absolute Gasteiger partial charge is 0.493 e. The molecule has 0 spiro atoms. The zero-order chi connectivity index (χ0) is 22.5. The van der Waals surface area contributed by atoms with Crippen LogP contribution in [0.1, 0.15) is 45.6 Å². The van der Waals surface area contributed by atoms with Crippen molar-refractivity contribution in [2.45, 2.75) is 51.7 Å². The highest BCUT2D eigenvalue weighted by atomic mass is 19.4. The van der Waals surface area contributed by atoms with Gasteiger partial charge in [-0.3, -0.25) is 4.79 Å². The molecule has 166 valence electrons. The molecule has 9 heteroatoms. The molecule has 1 aliphatic heterocycles. The van der Waals surface area contributed by atoms with E-state index in [0.29, 0.717) is 12.2 Å². The Labute approximate surface area is 173 Å². The minimum absolute atomic E-state index is 0.0261. The van der Waals surface area contributed by atoms with Crippen molar-refractivity contribution < 1.29 is 32.6 Å². The van der Waals surface area contributed by atoms with Crippen molar-refractivity contribution in [3.8, 4) is 5.75 Å². The Morgan fingerprint density at radius 2 is 1.90 bits per heavy atom. The highest BCUT2D eigenvalue weighted by Crippen LogP contribution is 2.37. The molecule has 2 N–H and O–H groups in total. The summed E-state index contributed by atoms with van der Waals surface area (Å²) in [6.45, 7) is 5.68. The lowest BCUT2D eigenvalue weighted by Gasteiger charge is -2.42. The number of rotatable bonds is 9. The third-order valence-electron chi connectivity index (χ3n) is 4.99. The molecule has 30 heavy (non-hydrogen) atoms. The van der Waals surface area contributed by atoms with Crippen LogP contribution in [-0.2, 0) is 10.3 Å². The number of hydrogen-bond acceptors (Lipinski definition) is 3. The van der Waals surface area contributed by atoms with Crippen LogP contribution in [0, 0.1) is 5.92 Å². The number of carboxylic acids is 1. The van der Waals surface area contributed by atoms with Crippen LogP contribution in [0.25, 0.3) is 0 Å². The zero-order valence-electron chi connectivity index (χ0n) is 17.3. The van der Waals surface area contributed by atoms with Crippen molar-refractivity contribution in [1.29, 1.82) is 0 Å². The van der Waals surface area contributed by atoms with Crippen molar-refractivity contribution in [2.24, 2.45) is 5.92 Å². The lowest BCUT2D eigenvalue weighted by Crippen LogP contribution is -2.54. The summed E-state index contributed by atoms with van der Waals surface area (Å²) in [5, 5.41) is 11.8. The normalized spacial score (nSPS) is 19.5. The fourth-order valence-corrected chi connectivity index (χ4v) is 3.41. The Morgan fingerprint density at radius 3 is 2.43 bits per heavy atom. The highest BCUT2D eigenvalue weighted by molar-refractivity contribution is 5.79. The Hall–Kier alpha value is -2.71. The van der Waals surface area contributed by atoms with E-state index in [0.717, 1.165) is 11.1 Å². The number of carboxylic acid groups (broad SMARTS) is 1. The van der Waals surface area contributed by atoms with Crippen LogP contribution < -0.4 is 10.1 Å². The first-order valence-electron chi connectivity index (χ1n) is 9.75. The van der Waals surface area contributed by atoms with Crippen LogP contribution in [0.3, 0.4) is 0 Å². The summed E-state index contributed by atoms with van der Waals surface area (Å²) >= 11 is 0. The van der Waals surface area contributed by atoms with Crippen molar-refractivity contribution in [1.82, 2.24) is 10.2 Å². The van der Waals surface area contributed by atoms with Gasteiger partial charge in [0.15, 0.2) is 0 Å². The fraction of sp³-hybridized carbons (Fsp3) is 0.524. The third kappa shape index (κ3) is 6.14. The Bertz CT molecular complexity index is 790. The van der Waals surface area contributed by atoms with Gasteiger partial charge in [0.2, 0.25) is 0 Å². The molecule has 1 atom stereocenters. The van der Waals surface area contributed by atoms with E-state index in [1.54, 1.807) is 30.5 Å². The number of halogens is 3. The minimum Gasteiger partial charge on any atom is -0.493 e. The van der Waals surface area contributed by atoms with Crippen LogP contribution in [0.15, 0.2) is 36.0 Å². The SMILES string of the molecule is CC(C)C1=CN(CCCC(=O)O)C(=O)NC1(C)c1ccc(OCCC(F)(F)F)cc1. The predicted octanol–water partition coefficient (Wildman–Crippen LogP) is 4.66. The van der Waals surface area contributed by atoms with Gasteiger partial charge in [-0.15, -0.1) is 0 Å². The summed E-state index contributed by atoms with van der Waals surface area (Å²) < 4.78 is 41.9. The molecular formula is C21H27F3N2O4. The topological polar surface area (TPSA) is 78.9 Å². The second kappa shape index (κ2) is 9.40. The van der Waals surface area contributed by atoms with Gasteiger partial charge in [-0.25, -0.2) is 4.79 Å². The smallest absolute Gasteiger partial charge is 0.392 e. The first-order valence-corrected chi connectivity index (χ1v) is 9.75. The van der Waals surface area contributed by atoms with Crippen molar-refractivity contribution in [2.75, 3.05) is 13.2 Å². The van der Waals surface area contributed by atoms with Gasteiger partial charge in [0.1, 0.15) is 5.75 Å². The highest BCUT2D eigenvalue weighted by Gasteiger charge is 2.39. The van der Waals surface area contributed by atoms with Crippen LogP contribution in [0.5, 0.6) is 5.75 Å². The number of amides is 2. The summed E-state index contributed by atoms with van der Waals surface area (Å²) in [5.74, 6) is -0.512. The van der Waals surface area contributed by atoms with Gasteiger partial charge in [-0.1, -0.05) is 26.0 Å². The summed E-state index contributed by atoms with van der Waals surface area (Å²) in [5.41, 5.74) is 0.895. The maximum absolute atomic E-state index is 12.6. The second-order valence-corrected chi connectivity index (χ2v) is 7.72. The van der Waals surface area contributed by atoms with E-state index in [2.05, 4.69) is 5.32 Å². The van der Waals surface area contributed by atoms with Crippen LogP contribution in [0.2, 0.25) is 0 Å². The summed E-state index contributed by atoms with van der Waals surface area (Å²) in [6, 6.07) is 6.28. The number of carbonyl (C=O) groups is 2. The molecule has 2 rings (SSSR count). The van der Waals surface area contributed by atoms with Crippen molar-refractivity contribution in [3.05, 3.63) is 41.6 Å². The molecule has 1 heterocycles. The van der Waals surface area contributed by atoms with Gasteiger partial charge in [0, 0.05) is 19.2 Å². The number of nitrogens with one attached hydrogen (secondary N) is 1. The predicted molar refractivity (Wildman–Crippen MR) is 105 cm³/mol. The number of urea groups is 1. The van der Waals surface area contributed by atoms with Gasteiger partial charge in [0.25, 0.3) is 0 Å². The molecule has 0 radical (unpaired) electrons. The molecule has 1 unspecified atom stereocenters. The maximum Gasteiger partial charge on any atom is 0.392 e. The summed E-state index contributed by atoms with van der Waals surface area (Å²) in [7, 11) is 0. The molecular weight excluding hydrogens is 401 g/mol. The lowest BCUT2D eigenvalue weighted by atomic mass is 9.78. The first-order chi connectivity index (χ1) is 13.9. The van der Waals surface area contributed by atoms with Gasteiger partial charge < -0.3 is 20.1 Å². The van der Waals surface area contributed by atoms with Gasteiger partial charge >= 0.3 is 18.2 Å². The third-order valence-corrected chi connectivity index (χ3v) is 4.99. The molecule has 0 aliphatic carbocycles. The van der Waals surface area contributed by atoms with Crippen molar-refractivity contribution in [3.63, 3.8) is 0 Å². The van der Waals surface area contributed by atoms with E-state index in [1.807, 2.05) is 20.8 Å². The number of aliphatic carboxylic acids is 1. The summed E-state index contributed by atoms with van der Waals surface area (Å²) in [6.07, 6.45) is -3.22. The number of nitrogens with zero attached hydrogens (tertiary/aromatic N) is 1. The Balaban J connectivity index is 2.18. The average molecular weight is 428 g/mol. The number of alkyl halides is 3. The molecule has 0 fully saturated rings. The van der Waals surface area contributed by atoms with E-state index in [-0.39, 0.29) is 24.9 Å². The molecule has 0 saturated heterocycles. The molecule has 1 aliphatic rings. The minimum atomic E-state index is -4.27. The monoisotopic (exact) mass is 428 g/mol. The van der Waals surface area contributed by atoms with Gasteiger partial charge in [-0.05, 0) is 42.5 Å². The maximum atomic E-state index is 12.6. The quantitative estimate of drug-likeness (QED) is 0.600. The van der Waals surface area contributed by atoms with Crippen molar-refractivity contribution >= 4 is 12.0 Å². The second-order valence-electron chi connectivity index (χ2n) is 7.72. The number of benzene rings is 1. The molecule has 0 bridgehead atoms.